The molecule has 0 saturated heterocycles. The number of methoxy groups -OCH3 is 3. The van der Waals surface area contributed by atoms with E-state index >= 15 is 0 Å². The van der Waals surface area contributed by atoms with Crippen molar-refractivity contribution in [2.45, 2.75) is 19.0 Å². The summed E-state index contributed by atoms with van der Waals surface area (Å²) in [5.41, 5.74) is 0.668. The van der Waals surface area contributed by atoms with E-state index in [1.165, 1.54) is 33.5 Å². The summed E-state index contributed by atoms with van der Waals surface area (Å²) < 4.78 is 21.6. The second-order valence-corrected chi connectivity index (χ2v) is 5.37. The van der Waals surface area contributed by atoms with E-state index in [1.54, 1.807) is 37.3 Å². The Balaban J connectivity index is 2.28. The highest BCUT2D eigenvalue weighted by Crippen LogP contribution is 2.30. The van der Waals surface area contributed by atoms with Crippen molar-refractivity contribution in [1.29, 1.82) is 0 Å². The van der Waals surface area contributed by atoms with E-state index in [4.69, 9.17) is 18.9 Å². The Morgan fingerprint density at radius 2 is 1.68 bits per heavy atom. The summed E-state index contributed by atoms with van der Waals surface area (Å²) in [7, 11) is 4.35. The Morgan fingerprint density at radius 1 is 1.04 bits per heavy atom. The summed E-state index contributed by atoms with van der Waals surface area (Å²) in [4.78, 5) is 12.5. The van der Waals surface area contributed by atoms with Crippen LogP contribution >= 0.6 is 0 Å². The van der Waals surface area contributed by atoms with Crippen LogP contribution in [0.3, 0.4) is 0 Å². The lowest BCUT2D eigenvalue weighted by molar-refractivity contribution is -0.361. The zero-order valence-electron chi connectivity index (χ0n) is 14.7. The van der Waals surface area contributed by atoms with E-state index in [2.05, 4.69) is 0 Å². The molecule has 0 amide bonds. The lowest BCUT2D eigenvalue weighted by Gasteiger charge is -2.34. The largest absolute Gasteiger partial charge is 0.507 e. The van der Waals surface area contributed by atoms with Crippen LogP contribution in [0.1, 0.15) is 22.8 Å². The second kappa shape index (κ2) is 8.11. The van der Waals surface area contributed by atoms with Gasteiger partial charge < -0.3 is 24.1 Å². The topological polar surface area (TPSA) is 74.2 Å². The van der Waals surface area contributed by atoms with Crippen molar-refractivity contribution < 1.29 is 28.8 Å². The van der Waals surface area contributed by atoms with E-state index in [0.717, 1.165) is 0 Å². The summed E-state index contributed by atoms with van der Waals surface area (Å²) in [5.74, 6) is -1.68. The van der Waals surface area contributed by atoms with Gasteiger partial charge in [0.1, 0.15) is 17.6 Å². The Labute approximate surface area is 146 Å². The molecule has 0 aliphatic carbocycles. The van der Waals surface area contributed by atoms with Gasteiger partial charge in [0.15, 0.2) is 5.78 Å². The number of ketones is 1. The van der Waals surface area contributed by atoms with Gasteiger partial charge in [-0.25, -0.2) is 0 Å². The van der Waals surface area contributed by atoms with Gasteiger partial charge in [0, 0.05) is 33.0 Å². The van der Waals surface area contributed by atoms with Gasteiger partial charge in [0.2, 0.25) is 0 Å². The zero-order chi connectivity index (χ0) is 18.4. The van der Waals surface area contributed by atoms with Crippen LogP contribution in [-0.4, -0.2) is 44.3 Å². The fraction of sp³-hybridized carbons (Fsp3) is 0.316. The molecular weight excluding hydrogens is 324 g/mol. The first-order valence-corrected chi connectivity index (χ1v) is 7.72. The molecule has 134 valence electrons. The third kappa shape index (κ3) is 3.99. The molecule has 0 bridgehead atoms. The third-order valence-electron chi connectivity index (χ3n) is 3.93. The van der Waals surface area contributed by atoms with Crippen molar-refractivity contribution in [2.24, 2.45) is 0 Å². The summed E-state index contributed by atoms with van der Waals surface area (Å²) in [6.07, 6.45) is -0.546. The third-order valence-corrected chi connectivity index (χ3v) is 3.93. The summed E-state index contributed by atoms with van der Waals surface area (Å²) in [6, 6.07) is 13.1. The first-order chi connectivity index (χ1) is 12.0. The molecule has 2 aromatic carbocycles. The minimum absolute atomic E-state index is 0.179. The highest BCUT2D eigenvalue weighted by Gasteiger charge is 2.40. The Bertz CT molecular complexity index is 709. The SMILES string of the molecule is COC(C)C(OC)(OC)Oc1ccc(C(=O)c2ccccc2)c(O)c1. The second-order valence-electron chi connectivity index (χ2n) is 5.37. The van der Waals surface area contributed by atoms with Gasteiger partial charge in [0.05, 0.1) is 5.56 Å². The lowest BCUT2D eigenvalue weighted by atomic mass is 10.0. The van der Waals surface area contributed by atoms with E-state index < -0.39 is 12.1 Å². The van der Waals surface area contributed by atoms with Crippen LogP contribution in [0, 0.1) is 0 Å². The quantitative estimate of drug-likeness (QED) is 0.585. The van der Waals surface area contributed by atoms with Gasteiger partial charge in [-0.3, -0.25) is 4.79 Å². The molecule has 0 fully saturated rings. The van der Waals surface area contributed by atoms with Gasteiger partial charge in [-0.1, -0.05) is 30.3 Å². The van der Waals surface area contributed by atoms with Crippen molar-refractivity contribution in [3.8, 4) is 11.5 Å². The van der Waals surface area contributed by atoms with Gasteiger partial charge in [-0.2, -0.15) is 0 Å². The van der Waals surface area contributed by atoms with Crippen LogP contribution in [0.25, 0.3) is 0 Å². The van der Waals surface area contributed by atoms with Crippen molar-refractivity contribution in [2.75, 3.05) is 21.3 Å². The number of rotatable bonds is 8. The molecule has 1 N–H and O–H groups in total. The number of benzene rings is 2. The number of carbonyl (C=O) groups excluding carboxylic acids is 1. The highest BCUT2D eigenvalue weighted by atomic mass is 16.9. The molecule has 0 saturated carbocycles. The molecule has 25 heavy (non-hydrogen) atoms. The molecule has 1 atom stereocenters. The molecule has 6 nitrogen and oxygen atoms in total. The normalized spacial score (nSPS) is 12.6. The Kier molecular flexibility index (Phi) is 6.14. The number of phenols is 1. The van der Waals surface area contributed by atoms with Gasteiger partial charge in [-0.05, 0) is 19.1 Å². The van der Waals surface area contributed by atoms with Crippen molar-refractivity contribution in [3.05, 3.63) is 59.7 Å². The maximum atomic E-state index is 12.5. The predicted octanol–water partition coefficient (Wildman–Crippen LogP) is 2.98. The number of ether oxygens (including phenoxy) is 4. The van der Waals surface area contributed by atoms with Crippen LogP contribution in [0.2, 0.25) is 0 Å². The number of hydrogen-bond acceptors (Lipinski definition) is 6. The maximum absolute atomic E-state index is 12.5. The smallest absolute Gasteiger partial charge is 0.354 e. The number of carbonyl (C=O) groups is 1. The fourth-order valence-corrected chi connectivity index (χ4v) is 2.40. The van der Waals surface area contributed by atoms with Gasteiger partial charge in [-0.15, -0.1) is 0 Å². The summed E-state index contributed by atoms with van der Waals surface area (Å²) in [6.45, 7) is 1.72. The van der Waals surface area contributed by atoms with Crippen LogP contribution in [0.4, 0.5) is 0 Å². The van der Waals surface area contributed by atoms with E-state index in [1.807, 2.05) is 6.07 Å². The molecule has 0 aromatic heterocycles. The standard InChI is InChI=1S/C19H22O6/c1-13(22-2)19(23-3,24-4)25-15-10-11-16(17(20)12-15)18(21)14-8-6-5-7-9-14/h5-13,20H,1-4H3. The molecular formula is C19H22O6. The first kappa shape index (κ1) is 18.9. The highest BCUT2D eigenvalue weighted by molar-refractivity contribution is 6.10. The zero-order valence-corrected chi connectivity index (χ0v) is 14.7. The average molecular weight is 346 g/mol. The van der Waals surface area contributed by atoms with E-state index in [9.17, 15) is 9.90 Å². The first-order valence-electron chi connectivity index (χ1n) is 7.72. The Morgan fingerprint density at radius 3 is 2.20 bits per heavy atom. The van der Waals surface area contributed by atoms with Crippen LogP contribution in [0.15, 0.2) is 48.5 Å². The van der Waals surface area contributed by atoms with Gasteiger partial charge >= 0.3 is 5.97 Å². The molecule has 1 unspecified atom stereocenters. The molecule has 6 heteroatoms. The Hall–Kier alpha value is -2.41. The van der Waals surface area contributed by atoms with Crippen molar-refractivity contribution >= 4 is 5.78 Å². The van der Waals surface area contributed by atoms with E-state index in [0.29, 0.717) is 5.56 Å². The summed E-state index contributed by atoms with van der Waals surface area (Å²) in [5, 5.41) is 10.2. The van der Waals surface area contributed by atoms with Gasteiger partial charge in [0.25, 0.3) is 0 Å². The van der Waals surface area contributed by atoms with Crippen LogP contribution in [-0.2, 0) is 14.2 Å². The van der Waals surface area contributed by atoms with Crippen LogP contribution < -0.4 is 4.74 Å². The fourth-order valence-electron chi connectivity index (χ4n) is 2.40. The summed E-state index contributed by atoms with van der Waals surface area (Å²) >= 11 is 0. The van der Waals surface area contributed by atoms with Crippen LogP contribution in [0.5, 0.6) is 11.5 Å². The predicted molar refractivity (Wildman–Crippen MR) is 91.8 cm³/mol. The number of phenolic OH excluding ortho intramolecular Hbond substituents is 1. The maximum Gasteiger partial charge on any atom is 0.354 e. The van der Waals surface area contributed by atoms with E-state index in [-0.39, 0.29) is 22.8 Å². The molecule has 0 spiro atoms. The molecule has 2 aromatic rings. The number of hydrogen-bond donors (Lipinski definition) is 1. The lowest BCUT2D eigenvalue weighted by Crippen LogP contribution is -2.50. The van der Waals surface area contributed by atoms with Crippen molar-refractivity contribution in [1.82, 2.24) is 0 Å². The number of aromatic hydroxyl groups is 1. The molecule has 0 heterocycles. The molecule has 2 rings (SSSR count). The monoisotopic (exact) mass is 346 g/mol. The molecule has 0 radical (unpaired) electrons. The van der Waals surface area contributed by atoms with Crippen molar-refractivity contribution in [3.63, 3.8) is 0 Å². The minimum Gasteiger partial charge on any atom is -0.507 e. The molecule has 0 aliphatic heterocycles. The average Bonchev–Trinajstić information content (AvgIpc) is 2.66. The minimum atomic E-state index is -1.48. The molecule has 0 aliphatic rings.